The van der Waals surface area contributed by atoms with Crippen molar-refractivity contribution in [2.24, 2.45) is 5.73 Å². The Labute approximate surface area is 97.4 Å². The molecule has 1 nitrogen and oxygen atoms in total. The van der Waals surface area contributed by atoms with Gasteiger partial charge in [0.05, 0.1) is 6.42 Å². The molecule has 1 aromatic rings. The van der Waals surface area contributed by atoms with Gasteiger partial charge in [0.25, 0.3) is 0 Å². The van der Waals surface area contributed by atoms with Crippen LogP contribution in [-0.4, -0.2) is 12.2 Å². The van der Waals surface area contributed by atoms with Crippen LogP contribution in [0.5, 0.6) is 0 Å². The maximum absolute atomic E-state index is 12.1. The van der Waals surface area contributed by atoms with E-state index in [4.69, 9.17) is 17.3 Å². The molecule has 5 heteroatoms. The van der Waals surface area contributed by atoms with Gasteiger partial charge in [0.1, 0.15) is 0 Å². The second kappa shape index (κ2) is 5.06. The number of hydrogen-bond acceptors (Lipinski definition) is 1. The van der Waals surface area contributed by atoms with E-state index < -0.39 is 18.6 Å². The van der Waals surface area contributed by atoms with Gasteiger partial charge < -0.3 is 5.73 Å². The first-order valence-electron chi connectivity index (χ1n) is 4.85. The summed E-state index contributed by atoms with van der Waals surface area (Å²) in [5.41, 5.74) is 7.05. The fourth-order valence-electron chi connectivity index (χ4n) is 1.47. The molecule has 0 amide bonds. The lowest BCUT2D eigenvalue weighted by molar-refractivity contribution is -0.138. The molecule has 0 aliphatic rings. The Hall–Kier alpha value is -0.740. The van der Waals surface area contributed by atoms with Gasteiger partial charge in [-0.15, -0.1) is 0 Å². The molecule has 0 fully saturated rings. The molecule has 2 N–H and O–H groups in total. The molecule has 1 atom stereocenters. The highest BCUT2D eigenvalue weighted by molar-refractivity contribution is 6.31. The van der Waals surface area contributed by atoms with Crippen LogP contribution in [0.2, 0.25) is 5.02 Å². The predicted molar refractivity (Wildman–Crippen MR) is 58.5 cm³/mol. The van der Waals surface area contributed by atoms with E-state index in [0.717, 1.165) is 5.56 Å². The molecule has 1 rings (SSSR count). The molecular formula is C11H13ClF3N. The molecule has 0 bridgehead atoms. The molecule has 0 spiro atoms. The van der Waals surface area contributed by atoms with Crippen LogP contribution < -0.4 is 5.73 Å². The van der Waals surface area contributed by atoms with Crippen molar-refractivity contribution in [3.63, 3.8) is 0 Å². The Balaban J connectivity index is 2.66. The molecule has 0 saturated carbocycles. The van der Waals surface area contributed by atoms with E-state index in [1.165, 1.54) is 0 Å². The van der Waals surface area contributed by atoms with Crippen molar-refractivity contribution in [3.05, 3.63) is 34.3 Å². The summed E-state index contributed by atoms with van der Waals surface area (Å²) in [4.78, 5) is 0. The quantitative estimate of drug-likeness (QED) is 0.875. The molecular weight excluding hydrogens is 239 g/mol. The van der Waals surface area contributed by atoms with Crippen LogP contribution in [0.25, 0.3) is 0 Å². The van der Waals surface area contributed by atoms with Crippen LogP contribution in [0.1, 0.15) is 17.5 Å². The van der Waals surface area contributed by atoms with E-state index in [9.17, 15) is 13.2 Å². The highest BCUT2D eigenvalue weighted by Gasteiger charge is 2.30. The van der Waals surface area contributed by atoms with Gasteiger partial charge in [-0.05, 0) is 30.5 Å². The molecule has 90 valence electrons. The van der Waals surface area contributed by atoms with Crippen molar-refractivity contribution >= 4 is 11.6 Å². The third kappa shape index (κ3) is 4.41. The summed E-state index contributed by atoms with van der Waals surface area (Å²) in [6, 6.07) is 4.30. The van der Waals surface area contributed by atoms with Crippen molar-refractivity contribution in [3.8, 4) is 0 Å². The van der Waals surface area contributed by atoms with Crippen molar-refractivity contribution in [1.29, 1.82) is 0 Å². The molecule has 16 heavy (non-hydrogen) atoms. The molecule has 0 aromatic heterocycles. The Morgan fingerprint density at radius 3 is 2.50 bits per heavy atom. The van der Waals surface area contributed by atoms with E-state index in [0.29, 0.717) is 10.6 Å². The maximum atomic E-state index is 12.1. The first kappa shape index (κ1) is 13.3. The fraction of sp³-hybridized carbons (Fsp3) is 0.455. The lowest BCUT2D eigenvalue weighted by Crippen LogP contribution is -2.29. The first-order chi connectivity index (χ1) is 7.28. The second-order valence-corrected chi connectivity index (χ2v) is 4.29. The van der Waals surface area contributed by atoms with Crippen molar-refractivity contribution in [2.45, 2.75) is 32.0 Å². The van der Waals surface area contributed by atoms with Gasteiger partial charge in [0.15, 0.2) is 0 Å². The van der Waals surface area contributed by atoms with E-state index in [1.807, 2.05) is 13.0 Å². The van der Waals surface area contributed by atoms with Crippen LogP contribution in [0, 0.1) is 6.92 Å². The standard InChI is InChI=1S/C11H13ClF3N/c1-7-2-3-8(10(12)4-7)5-9(16)6-11(13,14)15/h2-4,9H,5-6,16H2,1H3. The van der Waals surface area contributed by atoms with E-state index in [2.05, 4.69) is 0 Å². The summed E-state index contributed by atoms with van der Waals surface area (Å²) in [7, 11) is 0. The van der Waals surface area contributed by atoms with Gasteiger partial charge >= 0.3 is 6.18 Å². The second-order valence-electron chi connectivity index (χ2n) is 3.88. The number of aryl methyl sites for hydroxylation is 1. The molecule has 0 aliphatic heterocycles. The Morgan fingerprint density at radius 1 is 1.38 bits per heavy atom. The van der Waals surface area contributed by atoms with Gasteiger partial charge in [-0.25, -0.2) is 0 Å². The summed E-state index contributed by atoms with van der Waals surface area (Å²) in [6.45, 7) is 1.87. The number of halogens is 4. The van der Waals surface area contributed by atoms with Crippen LogP contribution in [0.3, 0.4) is 0 Å². The van der Waals surface area contributed by atoms with Crippen LogP contribution in [-0.2, 0) is 6.42 Å². The third-order valence-electron chi connectivity index (χ3n) is 2.18. The summed E-state index contributed by atoms with van der Waals surface area (Å²) in [5.74, 6) is 0. The maximum Gasteiger partial charge on any atom is 0.390 e. The number of rotatable bonds is 3. The molecule has 0 radical (unpaired) electrons. The zero-order chi connectivity index (χ0) is 12.3. The summed E-state index contributed by atoms with van der Waals surface area (Å²) < 4.78 is 36.2. The molecule has 0 saturated heterocycles. The average molecular weight is 252 g/mol. The van der Waals surface area contributed by atoms with E-state index in [-0.39, 0.29) is 6.42 Å². The first-order valence-corrected chi connectivity index (χ1v) is 5.23. The molecule has 0 aliphatic carbocycles. The minimum absolute atomic E-state index is 0.138. The van der Waals surface area contributed by atoms with Crippen molar-refractivity contribution in [2.75, 3.05) is 0 Å². The smallest absolute Gasteiger partial charge is 0.327 e. The minimum Gasteiger partial charge on any atom is -0.327 e. The molecule has 0 heterocycles. The minimum atomic E-state index is -4.23. The fourth-order valence-corrected chi connectivity index (χ4v) is 1.78. The predicted octanol–water partition coefficient (Wildman–Crippen LogP) is 3.47. The lowest BCUT2D eigenvalue weighted by atomic mass is 10.0. The highest BCUT2D eigenvalue weighted by Crippen LogP contribution is 2.24. The van der Waals surface area contributed by atoms with Gasteiger partial charge in [-0.1, -0.05) is 23.7 Å². The monoisotopic (exact) mass is 251 g/mol. The zero-order valence-electron chi connectivity index (χ0n) is 8.81. The molecule has 1 unspecified atom stereocenters. The van der Waals surface area contributed by atoms with E-state index >= 15 is 0 Å². The van der Waals surface area contributed by atoms with Crippen LogP contribution >= 0.6 is 11.6 Å². The Kier molecular flexibility index (Phi) is 4.21. The average Bonchev–Trinajstić information content (AvgIpc) is 2.06. The van der Waals surface area contributed by atoms with Gasteiger partial charge in [0.2, 0.25) is 0 Å². The Morgan fingerprint density at radius 2 is 2.00 bits per heavy atom. The summed E-state index contributed by atoms with van der Waals surface area (Å²) >= 11 is 5.91. The van der Waals surface area contributed by atoms with Crippen LogP contribution in [0.4, 0.5) is 13.2 Å². The van der Waals surface area contributed by atoms with Gasteiger partial charge in [0, 0.05) is 11.1 Å². The number of benzene rings is 1. The SMILES string of the molecule is Cc1ccc(CC(N)CC(F)(F)F)c(Cl)c1. The highest BCUT2D eigenvalue weighted by atomic mass is 35.5. The Bertz CT molecular complexity index is 363. The van der Waals surface area contributed by atoms with Gasteiger partial charge in [-0.3, -0.25) is 0 Å². The number of nitrogens with two attached hydrogens (primary N) is 1. The van der Waals surface area contributed by atoms with Gasteiger partial charge in [-0.2, -0.15) is 13.2 Å². The van der Waals surface area contributed by atoms with Crippen LogP contribution in [0.15, 0.2) is 18.2 Å². The number of alkyl halides is 3. The van der Waals surface area contributed by atoms with E-state index in [1.54, 1.807) is 12.1 Å². The van der Waals surface area contributed by atoms with Crippen molar-refractivity contribution in [1.82, 2.24) is 0 Å². The third-order valence-corrected chi connectivity index (χ3v) is 2.54. The van der Waals surface area contributed by atoms with Crippen molar-refractivity contribution < 1.29 is 13.2 Å². The normalized spacial score (nSPS) is 13.9. The summed E-state index contributed by atoms with van der Waals surface area (Å²) in [6.07, 6.45) is -5.08. The lowest BCUT2D eigenvalue weighted by Gasteiger charge is -2.15. The number of hydrogen-bond donors (Lipinski definition) is 1. The summed E-state index contributed by atoms with van der Waals surface area (Å²) in [5, 5.41) is 0.470. The topological polar surface area (TPSA) is 26.0 Å². The largest absolute Gasteiger partial charge is 0.390 e. The zero-order valence-corrected chi connectivity index (χ0v) is 9.57. The molecule has 1 aromatic carbocycles.